The third-order valence-electron chi connectivity index (χ3n) is 4.43. The van der Waals surface area contributed by atoms with Gasteiger partial charge in [0.15, 0.2) is 0 Å². The predicted octanol–water partition coefficient (Wildman–Crippen LogP) is 5.75. The van der Waals surface area contributed by atoms with Crippen LogP contribution in [0.5, 0.6) is 0 Å². The Morgan fingerprint density at radius 2 is 1.58 bits per heavy atom. The fourth-order valence-electron chi connectivity index (χ4n) is 2.98. The molecule has 2 amide bonds. The summed E-state index contributed by atoms with van der Waals surface area (Å²) in [5.74, 6) is -1.13. The van der Waals surface area contributed by atoms with Gasteiger partial charge in [0.05, 0.1) is 23.3 Å². The number of rotatable bonds is 12. The molecular formula is C21H33Cl2N2O5P. The van der Waals surface area contributed by atoms with Crippen LogP contribution >= 0.6 is 30.8 Å². The van der Waals surface area contributed by atoms with E-state index in [-0.39, 0.29) is 25.0 Å². The summed E-state index contributed by atoms with van der Waals surface area (Å²) in [7, 11) is -3.71. The Balaban J connectivity index is 3.10. The van der Waals surface area contributed by atoms with Crippen molar-refractivity contribution >= 4 is 48.3 Å². The highest BCUT2D eigenvalue weighted by atomic mass is 35.5. The van der Waals surface area contributed by atoms with Gasteiger partial charge in [-0.05, 0) is 50.3 Å². The number of anilines is 1. The molecule has 0 saturated heterocycles. The van der Waals surface area contributed by atoms with Crippen LogP contribution in [0.25, 0.3) is 0 Å². The lowest BCUT2D eigenvalue weighted by Crippen LogP contribution is -2.50. The van der Waals surface area contributed by atoms with E-state index in [0.29, 0.717) is 22.2 Å². The molecule has 1 aromatic rings. The molecule has 0 aliphatic heterocycles. The summed E-state index contributed by atoms with van der Waals surface area (Å²) in [6, 6.07) is 3.85. The minimum absolute atomic E-state index is 0.0625. The second-order valence-corrected chi connectivity index (χ2v) is 10.9. The lowest BCUT2D eigenvalue weighted by atomic mass is 10.0. The summed E-state index contributed by atoms with van der Waals surface area (Å²) in [5.41, 5.74) is -0.571. The number of halogens is 2. The molecule has 0 radical (unpaired) electrons. The Morgan fingerprint density at radius 3 is 2.03 bits per heavy atom. The third-order valence-corrected chi connectivity index (χ3v) is 7.62. The van der Waals surface area contributed by atoms with Crippen LogP contribution in [0.1, 0.15) is 48.0 Å². The van der Waals surface area contributed by atoms with Crippen molar-refractivity contribution < 1.29 is 23.2 Å². The number of benzene rings is 1. The molecular weight excluding hydrogens is 462 g/mol. The Bertz CT molecular complexity index is 794. The van der Waals surface area contributed by atoms with Gasteiger partial charge in [0.1, 0.15) is 11.7 Å². The lowest BCUT2D eigenvalue weighted by molar-refractivity contribution is -0.127. The second-order valence-electron chi connectivity index (χ2n) is 7.87. The molecule has 2 atom stereocenters. The largest absolute Gasteiger partial charge is 0.343 e. The zero-order valence-corrected chi connectivity index (χ0v) is 21.3. The van der Waals surface area contributed by atoms with Crippen molar-refractivity contribution in [2.24, 2.45) is 11.8 Å². The molecule has 10 heteroatoms. The number of amides is 2. The van der Waals surface area contributed by atoms with E-state index >= 15 is 0 Å². The van der Waals surface area contributed by atoms with Gasteiger partial charge in [-0.2, -0.15) is 0 Å². The number of carbonyl (C=O) groups is 2. The number of carbonyl (C=O) groups excluding carboxylic acids is 2. The van der Waals surface area contributed by atoms with Gasteiger partial charge in [0.25, 0.3) is 0 Å². The van der Waals surface area contributed by atoms with Crippen molar-refractivity contribution in [3.8, 4) is 0 Å². The van der Waals surface area contributed by atoms with E-state index in [1.54, 1.807) is 26.0 Å². The van der Waals surface area contributed by atoms with Crippen LogP contribution in [-0.2, 0) is 23.2 Å². The summed E-state index contributed by atoms with van der Waals surface area (Å²) >= 11 is 11.9. The smallest absolute Gasteiger partial charge is 0.343 e. The number of hydrogen-bond acceptors (Lipinski definition) is 5. The van der Waals surface area contributed by atoms with Crippen molar-refractivity contribution in [1.82, 2.24) is 5.32 Å². The molecule has 1 aromatic carbocycles. The van der Waals surface area contributed by atoms with Gasteiger partial charge in [-0.15, -0.1) is 0 Å². The van der Waals surface area contributed by atoms with Crippen LogP contribution < -0.4 is 10.6 Å². The second kappa shape index (κ2) is 12.8. The highest BCUT2D eigenvalue weighted by molar-refractivity contribution is 7.55. The summed E-state index contributed by atoms with van der Waals surface area (Å²) < 4.78 is 24.2. The van der Waals surface area contributed by atoms with E-state index in [1.165, 1.54) is 6.07 Å². The highest BCUT2D eigenvalue weighted by Crippen LogP contribution is 2.55. The van der Waals surface area contributed by atoms with Crippen molar-refractivity contribution in [1.29, 1.82) is 0 Å². The zero-order chi connectivity index (χ0) is 23.8. The molecule has 0 saturated carbocycles. The summed E-state index contributed by atoms with van der Waals surface area (Å²) in [6.45, 7) is 11.1. The first-order valence-electron chi connectivity index (χ1n) is 10.4. The fourth-order valence-corrected chi connectivity index (χ4v) is 5.48. The molecule has 1 unspecified atom stereocenters. The third kappa shape index (κ3) is 8.39. The quantitative estimate of drug-likeness (QED) is 0.360. The maximum atomic E-state index is 13.3. The van der Waals surface area contributed by atoms with Gasteiger partial charge in [-0.3, -0.25) is 14.2 Å². The van der Waals surface area contributed by atoms with E-state index in [1.807, 2.05) is 27.7 Å². The molecule has 0 aromatic heterocycles. The van der Waals surface area contributed by atoms with Crippen LogP contribution in [0.3, 0.4) is 0 Å². The van der Waals surface area contributed by atoms with Crippen LogP contribution in [0, 0.1) is 11.8 Å². The Hall–Kier alpha value is -1.11. The Kier molecular flexibility index (Phi) is 11.5. The van der Waals surface area contributed by atoms with Crippen molar-refractivity contribution in [2.75, 3.05) is 18.5 Å². The van der Waals surface area contributed by atoms with Crippen molar-refractivity contribution in [3.05, 3.63) is 28.2 Å². The minimum Gasteiger partial charge on any atom is -0.343 e. The van der Waals surface area contributed by atoms with Gasteiger partial charge in [-0.25, -0.2) is 0 Å². The molecule has 0 bridgehead atoms. The topological polar surface area (TPSA) is 93.7 Å². The first-order valence-corrected chi connectivity index (χ1v) is 12.8. The number of nitrogens with one attached hydrogen (secondary N) is 2. The summed E-state index contributed by atoms with van der Waals surface area (Å²) in [5, 5.41) is 6.16. The first-order chi connectivity index (χ1) is 14.4. The van der Waals surface area contributed by atoms with E-state index in [4.69, 9.17) is 32.2 Å². The standard InChI is InChI=1S/C21H33Cl2N2O5P/c1-7-29-31(28,30-8-2)18(11-13(3)4)20(26)25-19(14(5)6)21(27)24-15-9-10-16(22)17(23)12-15/h9-10,12-14,18-19H,7-8,11H2,1-6H3,(H,24,27)(H,25,26)/t18?,19-/m0/s1. The average Bonchev–Trinajstić information content (AvgIpc) is 2.66. The van der Waals surface area contributed by atoms with Crippen LogP contribution in [0.4, 0.5) is 5.69 Å². The maximum Gasteiger partial charge on any atom is 0.343 e. The average molecular weight is 495 g/mol. The van der Waals surface area contributed by atoms with Gasteiger partial charge >= 0.3 is 7.60 Å². The molecule has 176 valence electrons. The van der Waals surface area contributed by atoms with Gasteiger partial charge < -0.3 is 19.7 Å². The van der Waals surface area contributed by atoms with Crippen LogP contribution in [0.2, 0.25) is 10.0 Å². The molecule has 2 N–H and O–H groups in total. The normalized spacial score (nSPS) is 13.9. The SMILES string of the molecule is CCOP(=O)(OCC)C(CC(C)C)C(=O)N[C@H](C(=O)Nc1ccc(Cl)c(Cl)c1)C(C)C. The van der Waals surface area contributed by atoms with Gasteiger partial charge in [0.2, 0.25) is 11.8 Å². The highest BCUT2D eigenvalue weighted by Gasteiger charge is 2.42. The summed E-state index contributed by atoms with van der Waals surface area (Å²) in [4.78, 5) is 26.1. The van der Waals surface area contributed by atoms with Crippen molar-refractivity contribution in [2.45, 2.75) is 59.7 Å². The first kappa shape index (κ1) is 27.9. The van der Waals surface area contributed by atoms with Crippen LogP contribution in [0.15, 0.2) is 18.2 Å². The molecule has 0 aliphatic rings. The van der Waals surface area contributed by atoms with Crippen molar-refractivity contribution in [3.63, 3.8) is 0 Å². The van der Waals surface area contributed by atoms with Gasteiger partial charge in [-0.1, -0.05) is 50.9 Å². The molecule has 0 spiro atoms. The number of hydrogen-bond donors (Lipinski definition) is 2. The molecule has 1 rings (SSSR count). The summed E-state index contributed by atoms with van der Waals surface area (Å²) in [6.07, 6.45) is 0.294. The van der Waals surface area contributed by atoms with E-state index < -0.39 is 31.1 Å². The van der Waals surface area contributed by atoms with E-state index in [9.17, 15) is 14.2 Å². The van der Waals surface area contributed by atoms with Crippen LogP contribution in [-0.4, -0.2) is 36.7 Å². The lowest BCUT2D eigenvalue weighted by Gasteiger charge is -2.29. The monoisotopic (exact) mass is 494 g/mol. The van der Waals surface area contributed by atoms with Gasteiger partial charge in [0, 0.05) is 5.69 Å². The van der Waals surface area contributed by atoms with E-state index in [0.717, 1.165) is 0 Å². The maximum absolute atomic E-state index is 13.3. The fraction of sp³-hybridized carbons (Fsp3) is 0.619. The Labute approximate surface area is 195 Å². The molecule has 7 nitrogen and oxygen atoms in total. The Morgan fingerprint density at radius 1 is 1.00 bits per heavy atom. The molecule has 0 fully saturated rings. The molecule has 31 heavy (non-hydrogen) atoms. The minimum atomic E-state index is -3.71. The predicted molar refractivity (Wildman–Crippen MR) is 126 cm³/mol. The molecule has 0 heterocycles. The van der Waals surface area contributed by atoms with E-state index in [2.05, 4.69) is 10.6 Å². The zero-order valence-electron chi connectivity index (χ0n) is 18.9. The molecule has 0 aliphatic carbocycles.